The van der Waals surface area contributed by atoms with E-state index in [2.05, 4.69) is 55.3 Å². The Morgan fingerprint density at radius 2 is 1.70 bits per heavy atom. The van der Waals surface area contributed by atoms with Crippen molar-refractivity contribution in [2.45, 2.75) is 46.7 Å². The van der Waals surface area contributed by atoms with Crippen LogP contribution in [0.4, 0.5) is 0 Å². The summed E-state index contributed by atoms with van der Waals surface area (Å²) >= 11 is 0. The molecular formula is C20H30N2O. The molecule has 2 fully saturated rings. The summed E-state index contributed by atoms with van der Waals surface area (Å²) in [6, 6.07) is 8.56. The van der Waals surface area contributed by atoms with Crippen molar-refractivity contribution >= 4 is 5.91 Å². The molecule has 0 spiro atoms. The highest BCUT2D eigenvalue weighted by Gasteiger charge is 2.38. The van der Waals surface area contributed by atoms with E-state index < -0.39 is 0 Å². The van der Waals surface area contributed by atoms with Crippen molar-refractivity contribution in [1.82, 2.24) is 10.2 Å². The number of nitrogens with zero attached hydrogens (tertiary/aromatic N) is 1. The normalized spacial score (nSPS) is 30.9. The van der Waals surface area contributed by atoms with E-state index in [1.807, 2.05) is 0 Å². The van der Waals surface area contributed by atoms with E-state index in [9.17, 15) is 4.79 Å². The van der Waals surface area contributed by atoms with E-state index in [0.717, 1.165) is 24.8 Å². The van der Waals surface area contributed by atoms with E-state index in [4.69, 9.17) is 0 Å². The van der Waals surface area contributed by atoms with Gasteiger partial charge in [0.1, 0.15) is 0 Å². The summed E-state index contributed by atoms with van der Waals surface area (Å²) in [5, 5.41) is 3.13. The molecule has 3 nitrogen and oxygen atoms in total. The molecule has 3 rings (SSSR count). The molecule has 126 valence electrons. The quantitative estimate of drug-likeness (QED) is 0.903. The lowest BCUT2D eigenvalue weighted by molar-refractivity contribution is -0.122. The van der Waals surface area contributed by atoms with E-state index in [1.54, 1.807) is 0 Å². The molecule has 2 aliphatic rings. The lowest BCUT2D eigenvalue weighted by Gasteiger charge is -2.35. The van der Waals surface area contributed by atoms with Gasteiger partial charge in [-0.05, 0) is 41.7 Å². The van der Waals surface area contributed by atoms with Crippen LogP contribution in [0, 0.1) is 23.7 Å². The molecule has 1 amide bonds. The summed E-state index contributed by atoms with van der Waals surface area (Å²) in [6.45, 7) is 10.9. The van der Waals surface area contributed by atoms with Crippen LogP contribution in [-0.4, -0.2) is 23.9 Å². The minimum Gasteiger partial charge on any atom is -0.352 e. The van der Waals surface area contributed by atoms with E-state index in [1.165, 1.54) is 30.6 Å². The Morgan fingerprint density at radius 1 is 1.09 bits per heavy atom. The van der Waals surface area contributed by atoms with Crippen molar-refractivity contribution in [3.63, 3.8) is 0 Å². The zero-order valence-electron chi connectivity index (χ0n) is 14.7. The molecule has 1 saturated carbocycles. The Bertz CT molecular complexity index is 546. The monoisotopic (exact) mass is 314 g/mol. The third-order valence-electron chi connectivity index (χ3n) is 5.36. The number of likely N-dealkylation sites (tertiary alicyclic amines) is 1. The lowest BCUT2D eigenvalue weighted by Crippen LogP contribution is -2.38. The van der Waals surface area contributed by atoms with Crippen LogP contribution in [0.5, 0.6) is 0 Å². The van der Waals surface area contributed by atoms with Gasteiger partial charge in [0.25, 0.3) is 0 Å². The van der Waals surface area contributed by atoms with E-state index in [0.29, 0.717) is 12.5 Å². The second kappa shape index (κ2) is 7.04. The fourth-order valence-corrected chi connectivity index (χ4v) is 4.05. The number of amides is 1. The van der Waals surface area contributed by atoms with Crippen molar-refractivity contribution < 1.29 is 4.79 Å². The van der Waals surface area contributed by atoms with Crippen LogP contribution in [0.15, 0.2) is 24.3 Å². The highest BCUT2D eigenvalue weighted by atomic mass is 16.2. The van der Waals surface area contributed by atoms with Gasteiger partial charge in [0, 0.05) is 32.1 Å². The summed E-state index contributed by atoms with van der Waals surface area (Å²) in [6.07, 6.45) is 2.39. The summed E-state index contributed by atoms with van der Waals surface area (Å²) in [5.41, 5.74) is 2.62. The molecule has 1 heterocycles. The molecule has 0 radical (unpaired) electrons. The van der Waals surface area contributed by atoms with Gasteiger partial charge in [0.15, 0.2) is 0 Å². The molecule has 4 atom stereocenters. The first-order valence-corrected chi connectivity index (χ1v) is 9.09. The Morgan fingerprint density at radius 3 is 2.30 bits per heavy atom. The van der Waals surface area contributed by atoms with Crippen LogP contribution in [0.25, 0.3) is 0 Å². The maximum atomic E-state index is 12.1. The van der Waals surface area contributed by atoms with Crippen molar-refractivity contribution in [3.05, 3.63) is 35.4 Å². The molecule has 3 heteroatoms. The number of hydrogen-bond donors (Lipinski definition) is 1. The Labute approximate surface area is 140 Å². The molecule has 1 N–H and O–H groups in total. The van der Waals surface area contributed by atoms with Crippen molar-refractivity contribution in [3.8, 4) is 0 Å². The van der Waals surface area contributed by atoms with Crippen LogP contribution in [0.3, 0.4) is 0 Å². The number of piperidine rings is 1. The highest BCUT2D eigenvalue weighted by Crippen LogP contribution is 2.37. The SMILES string of the molecule is C[C@@H]1C[C@H](C)CN(Cc2ccccc2CNC(=O)[C@@H]2C[C@@H]2C)C1. The summed E-state index contributed by atoms with van der Waals surface area (Å²) in [7, 11) is 0. The first-order chi connectivity index (χ1) is 11.0. The van der Waals surface area contributed by atoms with Crippen molar-refractivity contribution in [2.24, 2.45) is 23.7 Å². The first-order valence-electron chi connectivity index (χ1n) is 9.09. The van der Waals surface area contributed by atoms with Gasteiger partial charge < -0.3 is 5.32 Å². The molecular weight excluding hydrogens is 284 g/mol. The van der Waals surface area contributed by atoms with E-state index in [-0.39, 0.29) is 11.8 Å². The fourth-order valence-electron chi connectivity index (χ4n) is 4.05. The smallest absolute Gasteiger partial charge is 0.223 e. The van der Waals surface area contributed by atoms with Crippen LogP contribution >= 0.6 is 0 Å². The van der Waals surface area contributed by atoms with Crippen LogP contribution in [0.1, 0.15) is 44.7 Å². The summed E-state index contributed by atoms with van der Waals surface area (Å²) < 4.78 is 0. The zero-order chi connectivity index (χ0) is 16.4. The molecule has 1 aromatic carbocycles. The maximum Gasteiger partial charge on any atom is 0.223 e. The van der Waals surface area contributed by atoms with Crippen LogP contribution in [-0.2, 0) is 17.9 Å². The first kappa shape index (κ1) is 16.5. The topological polar surface area (TPSA) is 32.3 Å². The average molecular weight is 314 g/mol. The van der Waals surface area contributed by atoms with Gasteiger partial charge in [-0.1, -0.05) is 45.0 Å². The summed E-state index contributed by atoms with van der Waals surface area (Å²) in [4.78, 5) is 14.6. The second-order valence-electron chi connectivity index (χ2n) is 7.95. The predicted molar refractivity (Wildman–Crippen MR) is 93.8 cm³/mol. The highest BCUT2D eigenvalue weighted by molar-refractivity contribution is 5.81. The van der Waals surface area contributed by atoms with Gasteiger partial charge >= 0.3 is 0 Å². The third kappa shape index (κ3) is 4.35. The number of carbonyl (C=O) groups is 1. The predicted octanol–water partition coefficient (Wildman–Crippen LogP) is 3.44. The minimum absolute atomic E-state index is 0.229. The number of nitrogens with one attached hydrogen (secondary N) is 1. The Hall–Kier alpha value is -1.35. The largest absolute Gasteiger partial charge is 0.352 e. The second-order valence-corrected chi connectivity index (χ2v) is 7.95. The number of carbonyl (C=O) groups excluding carboxylic acids is 1. The fraction of sp³-hybridized carbons (Fsp3) is 0.650. The Balaban J connectivity index is 1.60. The molecule has 1 saturated heterocycles. The number of benzene rings is 1. The Kier molecular flexibility index (Phi) is 5.05. The lowest BCUT2D eigenvalue weighted by atomic mass is 9.91. The van der Waals surface area contributed by atoms with Crippen LogP contribution < -0.4 is 5.32 Å². The molecule has 0 bridgehead atoms. The molecule has 1 aliphatic carbocycles. The van der Waals surface area contributed by atoms with Gasteiger partial charge in [-0.2, -0.15) is 0 Å². The third-order valence-corrected chi connectivity index (χ3v) is 5.36. The van der Waals surface area contributed by atoms with Crippen LogP contribution in [0.2, 0.25) is 0 Å². The van der Waals surface area contributed by atoms with Crippen molar-refractivity contribution in [1.29, 1.82) is 0 Å². The van der Waals surface area contributed by atoms with Gasteiger partial charge in [-0.25, -0.2) is 0 Å². The molecule has 0 aromatic heterocycles. The maximum absolute atomic E-state index is 12.1. The number of rotatable bonds is 5. The average Bonchev–Trinajstić information content (AvgIpc) is 3.22. The molecule has 0 unspecified atom stereocenters. The number of hydrogen-bond acceptors (Lipinski definition) is 2. The molecule has 1 aliphatic heterocycles. The zero-order valence-corrected chi connectivity index (χ0v) is 14.7. The van der Waals surface area contributed by atoms with Gasteiger partial charge in [-0.3, -0.25) is 9.69 Å². The molecule has 1 aromatic rings. The van der Waals surface area contributed by atoms with Gasteiger partial charge in [0.2, 0.25) is 5.91 Å². The minimum atomic E-state index is 0.229. The van der Waals surface area contributed by atoms with Crippen molar-refractivity contribution in [2.75, 3.05) is 13.1 Å². The van der Waals surface area contributed by atoms with Gasteiger partial charge in [0.05, 0.1) is 0 Å². The van der Waals surface area contributed by atoms with E-state index >= 15 is 0 Å². The molecule has 23 heavy (non-hydrogen) atoms. The summed E-state index contributed by atoms with van der Waals surface area (Å²) in [5.74, 6) is 2.61. The van der Waals surface area contributed by atoms with Gasteiger partial charge in [-0.15, -0.1) is 0 Å². The standard InChI is InChI=1S/C20H30N2O/c1-14-8-15(2)12-22(11-14)13-18-7-5-4-6-17(18)10-21-20(23)19-9-16(19)3/h4-7,14-16,19H,8-13H2,1-3H3,(H,21,23)/t14-,15+,16-,19+/m0/s1.